The minimum atomic E-state index is -0.376. The summed E-state index contributed by atoms with van der Waals surface area (Å²) in [6.45, 7) is 3.63. The van der Waals surface area contributed by atoms with Crippen LogP contribution in [-0.2, 0) is 9.59 Å². The lowest BCUT2D eigenvalue weighted by atomic mass is 9.88. The average Bonchev–Trinajstić information content (AvgIpc) is 2.47. The molecule has 3 nitrogen and oxygen atoms in total. The van der Waals surface area contributed by atoms with E-state index in [0.29, 0.717) is 22.4 Å². The summed E-state index contributed by atoms with van der Waals surface area (Å²) >= 11 is 5.19. The topological polar surface area (TPSA) is 46.2 Å². The Morgan fingerprint density at radius 3 is 2.87 bits per heavy atom. The zero-order valence-corrected chi connectivity index (χ0v) is 8.76. The standard InChI is InChI=1S/C11H9NO2S/c1-2-3-6-4-5-7-8(9(6)15)11(14)12-10(7)13/h2,4-6H,1,3H2,(H,12,13,14). The first-order valence-corrected chi connectivity index (χ1v) is 4.99. The van der Waals surface area contributed by atoms with Crippen molar-refractivity contribution in [1.82, 2.24) is 5.32 Å². The van der Waals surface area contributed by atoms with E-state index in [9.17, 15) is 9.59 Å². The molecule has 2 amide bonds. The van der Waals surface area contributed by atoms with Crippen molar-refractivity contribution in [1.29, 1.82) is 0 Å². The Morgan fingerprint density at radius 2 is 2.20 bits per heavy atom. The lowest BCUT2D eigenvalue weighted by molar-refractivity contribution is -0.123. The van der Waals surface area contributed by atoms with Gasteiger partial charge in [0, 0.05) is 10.8 Å². The molecule has 15 heavy (non-hydrogen) atoms. The number of hydrogen-bond acceptors (Lipinski definition) is 3. The molecule has 1 unspecified atom stereocenters. The van der Waals surface area contributed by atoms with Crippen LogP contribution < -0.4 is 5.32 Å². The number of thiocarbonyl (C=S) groups is 1. The third-order valence-corrected chi connectivity index (χ3v) is 2.97. The van der Waals surface area contributed by atoms with E-state index in [1.165, 1.54) is 0 Å². The molecular formula is C11H9NO2S. The molecule has 76 valence electrons. The first-order valence-electron chi connectivity index (χ1n) is 4.58. The van der Waals surface area contributed by atoms with Crippen molar-refractivity contribution >= 4 is 28.9 Å². The number of amides is 2. The second kappa shape index (κ2) is 3.55. The third kappa shape index (κ3) is 1.47. The van der Waals surface area contributed by atoms with Gasteiger partial charge in [-0.3, -0.25) is 14.9 Å². The number of hydrogen-bond donors (Lipinski definition) is 1. The predicted molar refractivity (Wildman–Crippen MR) is 60.2 cm³/mol. The Bertz CT molecular complexity index is 446. The Morgan fingerprint density at radius 1 is 1.47 bits per heavy atom. The fourth-order valence-corrected chi connectivity index (χ4v) is 2.10. The summed E-state index contributed by atoms with van der Waals surface area (Å²) in [7, 11) is 0. The molecule has 0 spiro atoms. The molecule has 0 aromatic rings. The molecule has 2 aliphatic rings. The van der Waals surface area contributed by atoms with Crippen LogP contribution in [0.15, 0.2) is 36.0 Å². The molecule has 1 N–H and O–H groups in total. The normalized spacial score (nSPS) is 24.3. The molecule has 1 heterocycles. The van der Waals surface area contributed by atoms with E-state index in [0.717, 1.165) is 0 Å². The molecule has 0 aromatic heterocycles. The second-order valence-electron chi connectivity index (χ2n) is 3.43. The number of allylic oxidation sites excluding steroid dienone is 2. The predicted octanol–water partition coefficient (Wildman–Crippen LogP) is 1.07. The number of nitrogens with one attached hydrogen (secondary N) is 1. The van der Waals surface area contributed by atoms with Gasteiger partial charge in [-0.2, -0.15) is 0 Å². The van der Waals surface area contributed by atoms with Gasteiger partial charge in [0.1, 0.15) is 0 Å². The maximum absolute atomic E-state index is 11.4. The fourth-order valence-electron chi connectivity index (χ4n) is 1.72. The van der Waals surface area contributed by atoms with E-state index < -0.39 is 0 Å². The quantitative estimate of drug-likeness (QED) is 0.429. The molecule has 0 radical (unpaired) electrons. The highest BCUT2D eigenvalue weighted by Gasteiger charge is 2.35. The van der Waals surface area contributed by atoms with E-state index in [1.54, 1.807) is 12.2 Å². The van der Waals surface area contributed by atoms with Crippen LogP contribution in [0.3, 0.4) is 0 Å². The lowest BCUT2D eigenvalue weighted by Gasteiger charge is -2.16. The Hall–Kier alpha value is -1.55. The highest BCUT2D eigenvalue weighted by Crippen LogP contribution is 2.27. The maximum atomic E-state index is 11.4. The van der Waals surface area contributed by atoms with Gasteiger partial charge >= 0.3 is 0 Å². The van der Waals surface area contributed by atoms with Gasteiger partial charge in [0.05, 0.1) is 11.1 Å². The van der Waals surface area contributed by atoms with Gasteiger partial charge in [0.2, 0.25) is 0 Å². The Balaban J connectivity index is 2.40. The van der Waals surface area contributed by atoms with E-state index in [1.807, 2.05) is 6.08 Å². The van der Waals surface area contributed by atoms with Crippen LogP contribution in [-0.4, -0.2) is 16.7 Å². The number of imide groups is 1. The number of carbonyl (C=O) groups excluding carboxylic acids is 2. The summed E-state index contributed by atoms with van der Waals surface area (Å²) in [4.78, 5) is 23.3. The molecule has 1 aliphatic carbocycles. The summed E-state index contributed by atoms with van der Waals surface area (Å²) in [5.41, 5.74) is 0.759. The van der Waals surface area contributed by atoms with Gasteiger partial charge in [-0.25, -0.2) is 0 Å². The van der Waals surface area contributed by atoms with Crippen molar-refractivity contribution in [2.45, 2.75) is 6.42 Å². The second-order valence-corrected chi connectivity index (χ2v) is 3.87. The zero-order chi connectivity index (χ0) is 11.0. The lowest BCUT2D eigenvalue weighted by Crippen LogP contribution is -2.25. The highest BCUT2D eigenvalue weighted by molar-refractivity contribution is 7.81. The van der Waals surface area contributed by atoms with Crippen LogP contribution >= 0.6 is 12.2 Å². The summed E-state index contributed by atoms with van der Waals surface area (Å²) in [6.07, 6.45) is 5.95. The first-order chi connectivity index (χ1) is 7.15. The molecule has 0 aromatic carbocycles. The van der Waals surface area contributed by atoms with Gasteiger partial charge in [-0.15, -0.1) is 6.58 Å². The summed E-state index contributed by atoms with van der Waals surface area (Å²) in [6, 6.07) is 0. The SMILES string of the molecule is C=CCC1C=CC2=C(C(=O)NC2=O)C1=S. The van der Waals surface area contributed by atoms with Gasteiger partial charge in [0.15, 0.2) is 0 Å². The minimum absolute atomic E-state index is 0.00731. The van der Waals surface area contributed by atoms with Crippen LogP contribution in [0.5, 0.6) is 0 Å². The van der Waals surface area contributed by atoms with Crippen LogP contribution in [0.4, 0.5) is 0 Å². The highest BCUT2D eigenvalue weighted by atomic mass is 32.1. The van der Waals surface area contributed by atoms with Crippen molar-refractivity contribution in [2.24, 2.45) is 5.92 Å². The largest absolute Gasteiger partial charge is 0.288 e. The molecule has 0 saturated heterocycles. The number of carbonyl (C=O) groups is 2. The van der Waals surface area contributed by atoms with Crippen LogP contribution in [0.2, 0.25) is 0 Å². The van der Waals surface area contributed by atoms with Crippen molar-refractivity contribution in [3.63, 3.8) is 0 Å². The van der Waals surface area contributed by atoms with Crippen LogP contribution in [0.1, 0.15) is 6.42 Å². The van der Waals surface area contributed by atoms with Crippen molar-refractivity contribution in [3.05, 3.63) is 36.0 Å². The molecule has 2 rings (SSSR count). The number of rotatable bonds is 2. The van der Waals surface area contributed by atoms with E-state index in [4.69, 9.17) is 12.2 Å². The average molecular weight is 219 g/mol. The molecule has 0 saturated carbocycles. The van der Waals surface area contributed by atoms with Crippen LogP contribution in [0, 0.1) is 5.92 Å². The molecule has 4 heteroatoms. The first kappa shape index (κ1) is 9.98. The van der Waals surface area contributed by atoms with Gasteiger partial charge < -0.3 is 0 Å². The summed E-state index contributed by atoms with van der Waals surface area (Å²) in [5.74, 6) is -0.725. The third-order valence-electron chi connectivity index (χ3n) is 2.47. The summed E-state index contributed by atoms with van der Waals surface area (Å²) < 4.78 is 0. The Labute approximate surface area is 92.5 Å². The van der Waals surface area contributed by atoms with Gasteiger partial charge in [-0.1, -0.05) is 30.4 Å². The molecule has 0 fully saturated rings. The molecule has 1 aliphatic heterocycles. The van der Waals surface area contributed by atoms with E-state index in [2.05, 4.69) is 11.9 Å². The molecule has 1 atom stereocenters. The van der Waals surface area contributed by atoms with Crippen molar-refractivity contribution in [3.8, 4) is 0 Å². The zero-order valence-electron chi connectivity index (χ0n) is 7.95. The van der Waals surface area contributed by atoms with Crippen molar-refractivity contribution in [2.75, 3.05) is 0 Å². The Kier molecular flexibility index (Phi) is 2.36. The minimum Gasteiger partial charge on any atom is -0.288 e. The maximum Gasteiger partial charge on any atom is 0.260 e. The molecular weight excluding hydrogens is 210 g/mol. The van der Waals surface area contributed by atoms with E-state index in [-0.39, 0.29) is 17.7 Å². The molecule has 0 bridgehead atoms. The smallest absolute Gasteiger partial charge is 0.260 e. The van der Waals surface area contributed by atoms with Crippen molar-refractivity contribution < 1.29 is 9.59 Å². The van der Waals surface area contributed by atoms with Crippen LogP contribution in [0.25, 0.3) is 0 Å². The van der Waals surface area contributed by atoms with Gasteiger partial charge in [0.25, 0.3) is 11.8 Å². The van der Waals surface area contributed by atoms with Gasteiger partial charge in [-0.05, 0) is 6.42 Å². The monoisotopic (exact) mass is 219 g/mol. The van der Waals surface area contributed by atoms with E-state index >= 15 is 0 Å². The summed E-state index contributed by atoms with van der Waals surface area (Å²) in [5, 5.41) is 2.24. The fraction of sp³-hybridized carbons (Fsp3) is 0.182.